The van der Waals surface area contributed by atoms with Gasteiger partial charge < -0.3 is 10.4 Å². The molecule has 120 valence electrons. The third-order valence-electron chi connectivity index (χ3n) is 4.46. The van der Waals surface area contributed by atoms with E-state index in [1.165, 1.54) is 31.2 Å². The summed E-state index contributed by atoms with van der Waals surface area (Å²) in [6.07, 6.45) is 5.09. The molecule has 1 saturated carbocycles. The molecule has 1 amide bonds. The third kappa shape index (κ3) is 3.58. The number of anilines is 1. The Balaban J connectivity index is 1.76. The molecule has 1 fully saturated rings. The second-order valence-corrected chi connectivity index (χ2v) is 7.05. The van der Waals surface area contributed by atoms with Gasteiger partial charge in [-0.1, -0.05) is 25.0 Å². The molecule has 2 aromatic carbocycles. The van der Waals surface area contributed by atoms with Gasteiger partial charge in [-0.3, -0.25) is 4.79 Å². The first kappa shape index (κ1) is 16.1. The number of hydrogen-bond acceptors (Lipinski definition) is 2. The molecule has 1 aliphatic carbocycles. The molecule has 0 atom stereocenters. The molecule has 0 heterocycles. The fourth-order valence-corrected chi connectivity index (χ4v) is 3.76. The number of phenols is 1. The zero-order chi connectivity index (χ0) is 16.4. The Morgan fingerprint density at radius 3 is 2.48 bits per heavy atom. The van der Waals surface area contributed by atoms with Crippen molar-refractivity contribution in [2.75, 3.05) is 5.32 Å². The summed E-state index contributed by atoms with van der Waals surface area (Å²) in [6.45, 7) is 1.91. The van der Waals surface area contributed by atoms with Crippen LogP contribution in [0.4, 0.5) is 5.69 Å². The average Bonchev–Trinajstić information content (AvgIpc) is 3.06. The van der Waals surface area contributed by atoms with Gasteiger partial charge in [0, 0.05) is 5.56 Å². The molecule has 0 radical (unpaired) electrons. The molecule has 3 nitrogen and oxygen atoms in total. The second kappa shape index (κ2) is 6.75. The standard InChI is InChI=1S/C19H20BrNO2/c1-12-10-16(20)18(22)17(11-12)21-19(23)15-8-6-14(7-9-15)13-4-2-3-5-13/h6-11,13,22H,2-5H2,1H3,(H,21,23). The molecule has 23 heavy (non-hydrogen) atoms. The first-order valence-corrected chi connectivity index (χ1v) is 8.74. The van der Waals surface area contributed by atoms with Crippen LogP contribution in [0.1, 0.15) is 53.1 Å². The van der Waals surface area contributed by atoms with Crippen molar-refractivity contribution in [1.82, 2.24) is 0 Å². The third-order valence-corrected chi connectivity index (χ3v) is 5.06. The molecular weight excluding hydrogens is 354 g/mol. The highest BCUT2D eigenvalue weighted by molar-refractivity contribution is 9.10. The number of nitrogens with one attached hydrogen (secondary N) is 1. The van der Waals surface area contributed by atoms with Crippen LogP contribution in [0.3, 0.4) is 0 Å². The fraction of sp³-hybridized carbons (Fsp3) is 0.316. The zero-order valence-electron chi connectivity index (χ0n) is 13.1. The van der Waals surface area contributed by atoms with Gasteiger partial charge in [0.2, 0.25) is 0 Å². The van der Waals surface area contributed by atoms with E-state index in [9.17, 15) is 9.90 Å². The summed E-state index contributed by atoms with van der Waals surface area (Å²) in [4.78, 5) is 12.4. The molecule has 0 unspecified atom stereocenters. The number of phenolic OH excluding ortho intramolecular Hbond substituents is 1. The van der Waals surface area contributed by atoms with Crippen molar-refractivity contribution < 1.29 is 9.90 Å². The van der Waals surface area contributed by atoms with Gasteiger partial charge in [-0.05, 0) is 77.0 Å². The van der Waals surface area contributed by atoms with Gasteiger partial charge in [0.15, 0.2) is 5.75 Å². The highest BCUT2D eigenvalue weighted by atomic mass is 79.9. The molecule has 2 aromatic rings. The van der Waals surface area contributed by atoms with Crippen LogP contribution in [0.15, 0.2) is 40.9 Å². The maximum atomic E-state index is 12.4. The minimum Gasteiger partial charge on any atom is -0.505 e. The number of carbonyl (C=O) groups is 1. The molecule has 0 aromatic heterocycles. The van der Waals surface area contributed by atoms with E-state index in [0.717, 1.165) is 5.56 Å². The van der Waals surface area contributed by atoms with E-state index >= 15 is 0 Å². The van der Waals surface area contributed by atoms with Crippen LogP contribution in [-0.2, 0) is 0 Å². The van der Waals surface area contributed by atoms with E-state index in [0.29, 0.717) is 21.6 Å². The number of amides is 1. The van der Waals surface area contributed by atoms with Gasteiger partial charge in [-0.15, -0.1) is 0 Å². The Morgan fingerprint density at radius 1 is 1.17 bits per heavy atom. The monoisotopic (exact) mass is 373 g/mol. The number of hydrogen-bond donors (Lipinski definition) is 2. The lowest BCUT2D eigenvalue weighted by atomic mass is 9.96. The SMILES string of the molecule is Cc1cc(Br)c(O)c(NC(=O)c2ccc(C3CCCC3)cc2)c1. The van der Waals surface area contributed by atoms with E-state index in [2.05, 4.69) is 33.4 Å². The molecule has 4 heteroatoms. The minimum absolute atomic E-state index is 0.0477. The van der Waals surface area contributed by atoms with Crippen LogP contribution in [0.2, 0.25) is 0 Å². The highest BCUT2D eigenvalue weighted by Gasteiger charge is 2.17. The van der Waals surface area contributed by atoms with Crippen LogP contribution < -0.4 is 5.32 Å². The molecule has 1 aliphatic rings. The summed E-state index contributed by atoms with van der Waals surface area (Å²) in [5.41, 5.74) is 3.30. The number of benzene rings is 2. The van der Waals surface area contributed by atoms with E-state index in [1.54, 1.807) is 12.1 Å². The largest absolute Gasteiger partial charge is 0.505 e. The Morgan fingerprint density at radius 2 is 1.83 bits per heavy atom. The molecule has 2 N–H and O–H groups in total. The van der Waals surface area contributed by atoms with Crippen molar-refractivity contribution in [3.8, 4) is 5.75 Å². The van der Waals surface area contributed by atoms with Crippen molar-refractivity contribution in [3.63, 3.8) is 0 Å². The summed E-state index contributed by atoms with van der Waals surface area (Å²) < 4.78 is 0.574. The summed E-state index contributed by atoms with van der Waals surface area (Å²) in [5.74, 6) is 0.478. The summed E-state index contributed by atoms with van der Waals surface area (Å²) in [7, 11) is 0. The first-order chi connectivity index (χ1) is 11.0. The number of carbonyl (C=O) groups excluding carboxylic acids is 1. The van der Waals surface area contributed by atoms with Crippen LogP contribution in [0.5, 0.6) is 5.75 Å². The second-order valence-electron chi connectivity index (χ2n) is 6.20. The van der Waals surface area contributed by atoms with Crippen molar-refractivity contribution in [2.45, 2.75) is 38.5 Å². The summed E-state index contributed by atoms with van der Waals surface area (Å²) in [6, 6.07) is 11.4. The maximum Gasteiger partial charge on any atom is 0.255 e. The minimum atomic E-state index is -0.212. The van der Waals surface area contributed by atoms with Gasteiger partial charge in [0.25, 0.3) is 5.91 Å². The van der Waals surface area contributed by atoms with E-state index in [1.807, 2.05) is 19.1 Å². The van der Waals surface area contributed by atoms with Crippen molar-refractivity contribution in [2.24, 2.45) is 0 Å². The first-order valence-electron chi connectivity index (χ1n) is 7.95. The number of rotatable bonds is 3. The number of halogens is 1. The van der Waals surface area contributed by atoms with Gasteiger partial charge in [0.1, 0.15) is 0 Å². The highest BCUT2D eigenvalue weighted by Crippen LogP contribution is 2.35. The zero-order valence-corrected chi connectivity index (χ0v) is 14.7. The van der Waals surface area contributed by atoms with Gasteiger partial charge in [0.05, 0.1) is 10.2 Å². The van der Waals surface area contributed by atoms with Crippen LogP contribution in [0, 0.1) is 6.92 Å². The molecule has 0 spiro atoms. The lowest BCUT2D eigenvalue weighted by Gasteiger charge is -2.12. The normalized spacial score (nSPS) is 14.9. The smallest absolute Gasteiger partial charge is 0.255 e. The van der Waals surface area contributed by atoms with Crippen LogP contribution in [0.25, 0.3) is 0 Å². The van der Waals surface area contributed by atoms with E-state index in [-0.39, 0.29) is 11.7 Å². The van der Waals surface area contributed by atoms with Gasteiger partial charge in [-0.25, -0.2) is 0 Å². The maximum absolute atomic E-state index is 12.4. The van der Waals surface area contributed by atoms with Crippen molar-refractivity contribution in [1.29, 1.82) is 0 Å². The lowest BCUT2D eigenvalue weighted by Crippen LogP contribution is -2.12. The van der Waals surface area contributed by atoms with Crippen LogP contribution >= 0.6 is 15.9 Å². The molecule has 0 bridgehead atoms. The predicted octanol–water partition coefficient (Wildman–Crippen LogP) is 5.37. The summed E-state index contributed by atoms with van der Waals surface area (Å²) >= 11 is 3.29. The fourth-order valence-electron chi connectivity index (χ4n) is 3.19. The number of aromatic hydroxyl groups is 1. The Hall–Kier alpha value is -1.81. The lowest BCUT2D eigenvalue weighted by molar-refractivity contribution is 0.102. The molecule has 3 rings (SSSR count). The molecular formula is C19H20BrNO2. The van der Waals surface area contributed by atoms with Gasteiger partial charge in [-0.2, -0.15) is 0 Å². The summed E-state index contributed by atoms with van der Waals surface area (Å²) in [5, 5.41) is 12.8. The Labute approximate surface area is 144 Å². The predicted molar refractivity (Wildman–Crippen MR) is 96.1 cm³/mol. The molecule has 0 saturated heterocycles. The molecule has 0 aliphatic heterocycles. The number of aryl methyl sites for hydroxylation is 1. The van der Waals surface area contributed by atoms with E-state index in [4.69, 9.17) is 0 Å². The topological polar surface area (TPSA) is 49.3 Å². The van der Waals surface area contributed by atoms with E-state index < -0.39 is 0 Å². The van der Waals surface area contributed by atoms with Crippen molar-refractivity contribution in [3.05, 3.63) is 57.6 Å². The Kier molecular flexibility index (Phi) is 4.71. The van der Waals surface area contributed by atoms with Gasteiger partial charge >= 0.3 is 0 Å². The van der Waals surface area contributed by atoms with Crippen LogP contribution in [-0.4, -0.2) is 11.0 Å². The van der Waals surface area contributed by atoms with Crippen molar-refractivity contribution >= 4 is 27.5 Å². The average molecular weight is 374 g/mol. The Bertz CT molecular complexity index is 719. The quantitative estimate of drug-likeness (QED) is 0.710.